The normalized spacial score (nSPS) is 14.8. The molecule has 1 aliphatic heterocycles. The Balaban J connectivity index is 1.92. The van der Waals surface area contributed by atoms with Gasteiger partial charge in [-0.25, -0.2) is 13.2 Å². The number of anilines is 1. The largest absolute Gasteiger partial charge is 0.495 e. The summed E-state index contributed by atoms with van der Waals surface area (Å²) in [6.45, 7) is 4.39. The first-order valence-electron chi connectivity index (χ1n) is 9.55. The second-order valence-corrected chi connectivity index (χ2v) is 8.86. The van der Waals surface area contributed by atoms with Crippen molar-refractivity contribution in [2.24, 2.45) is 0 Å². The SMILES string of the molecule is COC(=O)c1c(C)[nH]c(C(=O)Nc2ccc(OC)c(S(=O)(=O)N3CCOCC3)c2)c1C. The van der Waals surface area contributed by atoms with E-state index in [2.05, 4.69) is 10.3 Å². The maximum atomic E-state index is 13.1. The fourth-order valence-corrected chi connectivity index (χ4v) is 5.05. The number of nitrogens with one attached hydrogen (secondary N) is 2. The number of carbonyl (C=O) groups excluding carboxylic acids is 2. The Hall–Kier alpha value is -2.89. The third-order valence-electron chi connectivity index (χ3n) is 5.06. The maximum absolute atomic E-state index is 13.1. The molecule has 0 bridgehead atoms. The Bertz CT molecular complexity index is 1100. The molecule has 0 atom stereocenters. The van der Waals surface area contributed by atoms with E-state index in [9.17, 15) is 18.0 Å². The highest BCUT2D eigenvalue weighted by molar-refractivity contribution is 7.89. The molecule has 1 saturated heterocycles. The third kappa shape index (κ3) is 4.43. The highest BCUT2D eigenvalue weighted by Crippen LogP contribution is 2.30. The Labute approximate surface area is 180 Å². The van der Waals surface area contributed by atoms with E-state index in [0.29, 0.717) is 24.5 Å². The molecule has 1 amide bonds. The fourth-order valence-electron chi connectivity index (χ4n) is 3.46. The second-order valence-electron chi connectivity index (χ2n) is 6.95. The number of rotatable bonds is 6. The number of ether oxygens (including phenoxy) is 3. The van der Waals surface area contributed by atoms with Crippen LogP contribution < -0.4 is 10.1 Å². The Morgan fingerprint density at radius 3 is 2.45 bits per heavy atom. The van der Waals surface area contributed by atoms with Crippen LogP contribution in [-0.2, 0) is 19.5 Å². The molecule has 0 radical (unpaired) electrons. The quantitative estimate of drug-likeness (QED) is 0.640. The number of aryl methyl sites for hydroxylation is 1. The molecule has 31 heavy (non-hydrogen) atoms. The number of carbonyl (C=O) groups is 2. The topological polar surface area (TPSA) is 127 Å². The molecule has 10 nitrogen and oxygen atoms in total. The molecule has 1 aliphatic rings. The van der Waals surface area contributed by atoms with Crippen LogP contribution in [0.15, 0.2) is 23.1 Å². The summed E-state index contributed by atoms with van der Waals surface area (Å²) in [7, 11) is -1.20. The van der Waals surface area contributed by atoms with Crippen LogP contribution in [0.25, 0.3) is 0 Å². The van der Waals surface area contributed by atoms with Gasteiger partial charge in [-0.15, -0.1) is 0 Å². The molecular weight excluding hydrogens is 426 g/mol. The number of benzene rings is 1. The summed E-state index contributed by atoms with van der Waals surface area (Å²) in [5.41, 5.74) is 1.68. The average molecular weight is 452 g/mol. The third-order valence-corrected chi connectivity index (χ3v) is 6.98. The van der Waals surface area contributed by atoms with Gasteiger partial charge in [-0.1, -0.05) is 0 Å². The van der Waals surface area contributed by atoms with Gasteiger partial charge >= 0.3 is 5.97 Å². The van der Waals surface area contributed by atoms with E-state index in [0.717, 1.165) is 0 Å². The van der Waals surface area contributed by atoms with Crippen molar-refractivity contribution >= 4 is 27.6 Å². The summed E-state index contributed by atoms with van der Waals surface area (Å²) >= 11 is 0. The molecule has 0 aliphatic carbocycles. The molecule has 1 fully saturated rings. The Morgan fingerprint density at radius 2 is 1.84 bits per heavy atom. The van der Waals surface area contributed by atoms with Gasteiger partial charge in [-0.05, 0) is 37.6 Å². The summed E-state index contributed by atoms with van der Waals surface area (Å²) in [4.78, 5) is 27.6. The molecule has 2 heterocycles. The lowest BCUT2D eigenvalue weighted by Crippen LogP contribution is -2.40. The number of morpholine rings is 1. The smallest absolute Gasteiger partial charge is 0.339 e. The minimum atomic E-state index is -3.85. The van der Waals surface area contributed by atoms with Crippen molar-refractivity contribution in [3.8, 4) is 5.75 Å². The number of esters is 1. The number of hydrogen-bond acceptors (Lipinski definition) is 7. The highest BCUT2D eigenvalue weighted by atomic mass is 32.2. The van der Waals surface area contributed by atoms with Crippen molar-refractivity contribution in [1.29, 1.82) is 0 Å². The van der Waals surface area contributed by atoms with Gasteiger partial charge in [0, 0.05) is 24.5 Å². The molecule has 1 aromatic heterocycles. The van der Waals surface area contributed by atoms with Gasteiger partial charge in [-0.3, -0.25) is 4.79 Å². The standard InChI is InChI=1S/C20H25N3O7S/c1-12-17(20(25)29-4)13(2)21-18(12)19(24)22-14-5-6-15(28-3)16(11-14)31(26,27)23-7-9-30-10-8-23/h5-6,11,21H,7-10H2,1-4H3,(H,22,24). The van der Waals surface area contributed by atoms with Crippen molar-refractivity contribution in [1.82, 2.24) is 9.29 Å². The number of aromatic nitrogens is 1. The van der Waals surface area contributed by atoms with Crippen LogP contribution in [0.4, 0.5) is 5.69 Å². The van der Waals surface area contributed by atoms with E-state index >= 15 is 0 Å². The predicted octanol–water partition coefficient (Wildman–Crippen LogP) is 1.70. The Morgan fingerprint density at radius 1 is 1.16 bits per heavy atom. The van der Waals surface area contributed by atoms with Crippen molar-refractivity contribution < 1.29 is 32.2 Å². The van der Waals surface area contributed by atoms with Crippen LogP contribution in [0.3, 0.4) is 0 Å². The lowest BCUT2D eigenvalue weighted by Gasteiger charge is -2.26. The molecular formula is C20H25N3O7S. The van der Waals surface area contributed by atoms with Crippen molar-refractivity contribution in [3.63, 3.8) is 0 Å². The zero-order chi connectivity index (χ0) is 22.8. The van der Waals surface area contributed by atoms with Crippen LogP contribution in [0.1, 0.15) is 32.1 Å². The van der Waals surface area contributed by atoms with Gasteiger partial charge < -0.3 is 24.5 Å². The molecule has 0 saturated carbocycles. The molecule has 1 aromatic carbocycles. The zero-order valence-electron chi connectivity index (χ0n) is 17.8. The van der Waals surface area contributed by atoms with Gasteiger partial charge in [0.15, 0.2) is 0 Å². The molecule has 168 valence electrons. The molecule has 2 aromatic rings. The summed E-state index contributed by atoms with van der Waals surface area (Å²) in [5.74, 6) is -0.895. The van der Waals surface area contributed by atoms with Crippen molar-refractivity contribution in [2.45, 2.75) is 18.7 Å². The number of methoxy groups -OCH3 is 2. The number of hydrogen-bond donors (Lipinski definition) is 2. The molecule has 0 unspecified atom stereocenters. The zero-order valence-corrected chi connectivity index (χ0v) is 18.6. The second kappa shape index (κ2) is 9.08. The fraction of sp³-hybridized carbons (Fsp3) is 0.400. The predicted molar refractivity (Wildman–Crippen MR) is 112 cm³/mol. The summed E-state index contributed by atoms with van der Waals surface area (Å²) in [6.07, 6.45) is 0. The number of amides is 1. The average Bonchev–Trinajstić information content (AvgIpc) is 3.07. The number of sulfonamides is 1. The maximum Gasteiger partial charge on any atom is 0.339 e. The summed E-state index contributed by atoms with van der Waals surface area (Å²) < 4.78 is 42.8. The van der Waals surface area contributed by atoms with E-state index in [1.54, 1.807) is 19.9 Å². The van der Waals surface area contributed by atoms with Gasteiger partial charge in [0.25, 0.3) is 5.91 Å². The van der Waals surface area contributed by atoms with Gasteiger partial charge in [0.1, 0.15) is 16.3 Å². The minimum absolute atomic E-state index is 0.0515. The molecule has 2 N–H and O–H groups in total. The Kier molecular flexibility index (Phi) is 6.68. The van der Waals surface area contributed by atoms with E-state index in [-0.39, 0.29) is 40.7 Å². The summed E-state index contributed by atoms with van der Waals surface area (Å²) in [5, 5.41) is 2.68. The lowest BCUT2D eigenvalue weighted by molar-refractivity contribution is 0.0599. The number of H-pyrrole nitrogens is 1. The van der Waals surface area contributed by atoms with Crippen molar-refractivity contribution in [2.75, 3.05) is 45.8 Å². The molecule has 11 heteroatoms. The molecule has 3 rings (SSSR count). The van der Waals surface area contributed by atoms with Crippen LogP contribution >= 0.6 is 0 Å². The van der Waals surface area contributed by atoms with E-state index in [1.807, 2.05) is 0 Å². The summed E-state index contributed by atoms with van der Waals surface area (Å²) in [6, 6.07) is 4.38. The van der Waals surface area contributed by atoms with E-state index in [4.69, 9.17) is 14.2 Å². The first kappa shape index (κ1) is 22.8. The minimum Gasteiger partial charge on any atom is -0.495 e. The monoisotopic (exact) mass is 451 g/mol. The lowest BCUT2D eigenvalue weighted by atomic mass is 10.1. The van der Waals surface area contributed by atoms with Gasteiger partial charge in [0.2, 0.25) is 10.0 Å². The van der Waals surface area contributed by atoms with Crippen molar-refractivity contribution in [3.05, 3.63) is 40.7 Å². The highest BCUT2D eigenvalue weighted by Gasteiger charge is 2.30. The van der Waals surface area contributed by atoms with E-state index in [1.165, 1.54) is 30.7 Å². The van der Waals surface area contributed by atoms with Crippen LogP contribution in [-0.4, -0.2) is 70.1 Å². The van der Waals surface area contributed by atoms with Crippen LogP contribution in [0, 0.1) is 13.8 Å². The van der Waals surface area contributed by atoms with Crippen LogP contribution in [0.2, 0.25) is 0 Å². The van der Waals surface area contributed by atoms with Gasteiger partial charge in [-0.2, -0.15) is 4.31 Å². The number of aromatic amines is 1. The van der Waals surface area contributed by atoms with Crippen LogP contribution in [0.5, 0.6) is 5.75 Å². The number of nitrogens with zero attached hydrogens (tertiary/aromatic N) is 1. The molecule has 0 spiro atoms. The van der Waals surface area contributed by atoms with Gasteiger partial charge in [0.05, 0.1) is 33.0 Å². The first-order chi connectivity index (χ1) is 14.7. The van der Waals surface area contributed by atoms with E-state index < -0.39 is 21.9 Å². The first-order valence-corrected chi connectivity index (χ1v) is 11.0.